The van der Waals surface area contributed by atoms with Crippen molar-refractivity contribution >= 4 is 5.78 Å². The van der Waals surface area contributed by atoms with Gasteiger partial charge in [-0.2, -0.15) is 0 Å². The zero-order chi connectivity index (χ0) is 17.4. The fraction of sp³-hybridized carbons (Fsp3) is 0.783. The van der Waals surface area contributed by atoms with Gasteiger partial charge < -0.3 is 5.11 Å². The first-order valence-electron chi connectivity index (χ1n) is 10.5. The largest absolute Gasteiger partial charge is 0.389 e. The lowest BCUT2D eigenvalue weighted by Crippen LogP contribution is -2.55. The van der Waals surface area contributed by atoms with Gasteiger partial charge in [0, 0.05) is 11.8 Å². The second kappa shape index (κ2) is 5.31. The van der Waals surface area contributed by atoms with Crippen LogP contribution in [0.4, 0.5) is 0 Å². The molecule has 0 bridgehead atoms. The Kier molecular flexibility index (Phi) is 3.46. The topological polar surface area (TPSA) is 37.3 Å². The molecule has 1 N–H and O–H groups in total. The molecule has 2 heteroatoms. The maximum atomic E-state index is 11.9. The zero-order valence-corrected chi connectivity index (χ0v) is 15.7. The Morgan fingerprint density at radius 3 is 2.92 bits per heavy atom. The van der Waals surface area contributed by atoms with E-state index in [0.717, 1.165) is 43.9 Å². The van der Waals surface area contributed by atoms with Crippen molar-refractivity contribution in [3.8, 4) is 0 Å². The summed E-state index contributed by atoms with van der Waals surface area (Å²) in [6.45, 7) is 4.83. The quantitative estimate of drug-likeness (QED) is 0.650. The highest BCUT2D eigenvalue weighted by Crippen LogP contribution is 2.69. The van der Waals surface area contributed by atoms with Gasteiger partial charge >= 0.3 is 0 Å². The van der Waals surface area contributed by atoms with Crippen molar-refractivity contribution in [2.45, 2.75) is 70.8 Å². The van der Waals surface area contributed by atoms with Crippen molar-refractivity contribution in [1.82, 2.24) is 0 Å². The van der Waals surface area contributed by atoms with Gasteiger partial charge in [0.25, 0.3) is 0 Å². The van der Waals surface area contributed by atoms with E-state index in [0.29, 0.717) is 29.5 Å². The van der Waals surface area contributed by atoms with Gasteiger partial charge in [0.05, 0.1) is 5.60 Å². The van der Waals surface area contributed by atoms with Crippen molar-refractivity contribution < 1.29 is 9.90 Å². The van der Waals surface area contributed by atoms with E-state index in [-0.39, 0.29) is 5.41 Å². The predicted molar refractivity (Wildman–Crippen MR) is 98.8 cm³/mol. The summed E-state index contributed by atoms with van der Waals surface area (Å²) in [7, 11) is 0. The van der Waals surface area contributed by atoms with Gasteiger partial charge in [-0.15, -0.1) is 0 Å². The summed E-state index contributed by atoms with van der Waals surface area (Å²) in [6.07, 6.45) is 15.0. The van der Waals surface area contributed by atoms with E-state index in [2.05, 4.69) is 26.0 Å². The molecule has 5 aliphatic rings. The third kappa shape index (κ3) is 2.04. The monoisotopic (exact) mass is 340 g/mol. The first-order chi connectivity index (χ1) is 11.9. The highest BCUT2D eigenvalue weighted by atomic mass is 16.3. The van der Waals surface area contributed by atoms with E-state index in [4.69, 9.17) is 0 Å². The fourth-order valence-electron chi connectivity index (χ4n) is 8.07. The number of aliphatic hydroxyl groups is 1. The molecule has 3 fully saturated rings. The summed E-state index contributed by atoms with van der Waals surface area (Å²) in [4.78, 5) is 11.9. The van der Waals surface area contributed by atoms with Gasteiger partial charge in [-0.3, -0.25) is 4.79 Å². The van der Waals surface area contributed by atoms with Crippen molar-refractivity contribution in [1.29, 1.82) is 0 Å². The minimum Gasteiger partial charge on any atom is -0.389 e. The molecule has 0 aromatic heterocycles. The Morgan fingerprint density at radius 1 is 1.24 bits per heavy atom. The number of allylic oxidation sites excluding steroid dienone is 2. The lowest BCUT2D eigenvalue weighted by atomic mass is 9.48. The van der Waals surface area contributed by atoms with E-state index < -0.39 is 5.60 Å². The van der Waals surface area contributed by atoms with Crippen molar-refractivity contribution in [2.24, 2.45) is 40.9 Å². The van der Waals surface area contributed by atoms with Gasteiger partial charge in [-0.25, -0.2) is 0 Å². The van der Waals surface area contributed by atoms with E-state index in [9.17, 15) is 9.90 Å². The zero-order valence-electron chi connectivity index (χ0n) is 15.7. The highest BCUT2D eigenvalue weighted by Gasteiger charge is 2.66. The molecular weight excluding hydrogens is 308 g/mol. The fourth-order valence-corrected chi connectivity index (χ4v) is 8.07. The Hall–Kier alpha value is -0.890. The lowest BCUT2D eigenvalue weighted by Gasteiger charge is -2.58. The van der Waals surface area contributed by atoms with E-state index >= 15 is 0 Å². The molecule has 5 rings (SSSR count). The van der Waals surface area contributed by atoms with Crippen LogP contribution in [0, 0.1) is 40.9 Å². The van der Waals surface area contributed by atoms with Gasteiger partial charge in [0.15, 0.2) is 5.78 Å². The van der Waals surface area contributed by atoms with Crippen LogP contribution in [0.5, 0.6) is 0 Å². The molecule has 0 aromatic rings. The molecule has 0 saturated heterocycles. The van der Waals surface area contributed by atoms with Crippen LogP contribution in [-0.4, -0.2) is 16.5 Å². The first-order valence-corrected chi connectivity index (χ1v) is 10.5. The smallest absolute Gasteiger partial charge is 0.155 e. The van der Waals surface area contributed by atoms with Crippen molar-refractivity contribution in [3.05, 3.63) is 23.8 Å². The average molecular weight is 341 g/mol. The number of fused-ring (bicyclic) bond motifs is 7. The van der Waals surface area contributed by atoms with Crippen LogP contribution in [0.3, 0.4) is 0 Å². The van der Waals surface area contributed by atoms with Crippen LogP contribution in [-0.2, 0) is 4.79 Å². The van der Waals surface area contributed by atoms with Crippen LogP contribution in [0.2, 0.25) is 0 Å². The minimum atomic E-state index is -0.476. The standard InChI is InChI=1S/C23H32O2/c1-14-11-15-12-17(24)6-7-18(15)19-8-10-22(2)20(21(14)19)13-16-5-3-4-9-23(16,22)25/h3-4,12,14,16,18-21,25H,5-11,13H2,1-2H3/t14-,16+,18+,19-,20+,21-,22+,23-/m1/s1. The first kappa shape index (κ1) is 16.3. The summed E-state index contributed by atoms with van der Waals surface area (Å²) in [5.41, 5.74) is 1.07. The van der Waals surface area contributed by atoms with Gasteiger partial charge in [0.1, 0.15) is 0 Å². The molecular formula is C23H32O2. The summed E-state index contributed by atoms with van der Waals surface area (Å²) < 4.78 is 0. The number of hydrogen-bond donors (Lipinski definition) is 1. The Morgan fingerprint density at radius 2 is 2.08 bits per heavy atom. The summed E-state index contributed by atoms with van der Waals surface area (Å²) in [6, 6.07) is 0. The number of rotatable bonds is 0. The molecule has 2 nitrogen and oxygen atoms in total. The third-order valence-corrected chi connectivity index (χ3v) is 9.25. The molecule has 136 valence electrons. The van der Waals surface area contributed by atoms with Crippen LogP contribution in [0.15, 0.2) is 23.8 Å². The third-order valence-electron chi connectivity index (χ3n) is 9.25. The number of hydrogen-bond acceptors (Lipinski definition) is 2. The maximum Gasteiger partial charge on any atom is 0.155 e. The molecule has 0 radical (unpaired) electrons. The molecule has 25 heavy (non-hydrogen) atoms. The molecule has 0 aliphatic heterocycles. The number of ketones is 1. The molecule has 3 saturated carbocycles. The molecule has 5 aliphatic carbocycles. The van der Waals surface area contributed by atoms with Gasteiger partial charge in [0.2, 0.25) is 0 Å². The molecule has 0 heterocycles. The minimum absolute atomic E-state index is 0.0869. The van der Waals surface area contributed by atoms with Crippen LogP contribution >= 0.6 is 0 Å². The van der Waals surface area contributed by atoms with Gasteiger partial charge in [-0.1, -0.05) is 31.6 Å². The molecule has 0 aromatic carbocycles. The van der Waals surface area contributed by atoms with Crippen LogP contribution in [0.25, 0.3) is 0 Å². The van der Waals surface area contributed by atoms with E-state index in [1.807, 2.05) is 6.08 Å². The Balaban J connectivity index is 1.52. The van der Waals surface area contributed by atoms with Gasteiger partial charge in [-0.05, 0) is 86.5 Å². The van der Waals surface area contributed by atoms with Crippen LogP contribution < -0.4 is 0 Å². The second-order valence-corrected chi connectivity index (χ2v) is 10.1. The molecule has 0 amide bonds. The molecule has 0 spiro atoms. The summed E-state index contributed by atoms with van der Waals surface area (Å²) in [5.74, 6) is 4.27. The van der Waals surface area contributed by atoms with Crippen molar-refractivity contribution in [2.75, 3.05) is 0 Å². The summed E-state index contributed by atoms with van der Waals surface area (Å²) in [5, 5.41) is 11.7. The normalized spacial score (nSPS) is 54.2. The van der Waals surface area contributed by atoms with Crippen molar-refractivity contribution in [3.63, 3.8) is 0 Å². The Labute approximate surface area is 151 Å². The maximum absolute atomic E-state index is 11.9. The Bertz CT molecular complexity index is 661. The molecule has 8 atom stereocenters. The highest BCUT2D eigenvalue weighted by molar-refractivity contribution is 5.91. The second-order valence-electron chi connectivity index (χ2n) is 10.1. The average Bonchev–Trinajstić information content (AvgIpc) is 2.82. The number of carbonyl (C=O) groups excluding carboxylic acids is 1. The summed E-state index contributed by atoms with van der Waals surface area (Å²) >= 11 is 0. The number of carbonyl (C=O) groups is 1. The lowest BCUT2D eigenvalue weighted by molar-refractivity contribution is -0.139. The van der Waals surface area contributed by atoms with E-state index in [1.54, 1.807) is 0 Å². The molecule has 0 unspecified atom stereocenters. The predicted octanol–water partition coefficient (Wildman–Crippen LogP) is 4.68. The van der Waals surface area contributed by atoms with Crippen LogP contribution in [0.1, 0.15) is 65.2 Å². The SMILES string of the molecule is C[C@@H]1CC2=CC(=O)CC[C@@H]2[C@H]2CC[C@@]3(C)[C@@H](C[C@@H]4CC=CC[C@@]43O)[C@@H]21. The van der Waals surface area contributed by atoms with E-state index in [1.165, 1.54) is 24.8 Å².